The minimum absolute atomic E-state index is 1.39. The molecule has 6 heavy (non-hydrogen) atoms. The molecule has 0 saturated heterocycles. The van der Waals surface area contributed by atoms with Crippen LogP contribution in [0, 0.1) is 7.05 Å². The molecule has 0 saturated carbocycles. The maximum atomic E-state index is 5.13. The topological polar surface area (TPSA) is 17.8 Å². The van der Waals surface area contributed by atoms with Crippen molar-refractivity contribution in [3.05, 3.63) is 25.8 Å². The highest BCUT2D eigenvalue weighted by atomic mass is 15.0. The maximum absolute atomic E-state index is 5.13. The van der Waals surface area contributed by atoms with Crippen LogP contribution in [-0.2, 0) is 0 Å². The lowest BCUT2D eigenvalue weighted by Crippen LogP contribution is -1.72. The molecule has 0 amide bonds. The molecule has 2 nitrogen and oxygen atoms in total. The van der Waals surface area contributed by atoms with Gasteiger partial charge in [-0.2, -0.15) is 0 Å². The third-order valence-corrected chi connectivity index (χ3v) is 0.525. The Bertz CT molecular complexity index is 109. The molecule has 1 rings (SSSR count). The average Bonchev–Trinajstić information content (AvgIpc) is 1.86. The van der Waals surface area contributed by atoms with Crippen LogP contribution in [0.25, 0.3) is 0 Å². The van der Waals surface area contributed by atoms with Gasteiger partial charge in [0, 0.05) is 12.4 Å². The summed E-state index contributed by atoms with van der Waals surface area (Å²) in [6, 6.07) is 0. The highest BCUT2D eigenvalue weighted by Crippen LogP contribution is 1.75. The molecular weight excluding hydrogens is 76.1 g/mol. The maximum Gasteiger partial charge on any atom is 0.0950 e. The number of nitrogens with zero attached hydrogens (tertiary/aromatic N) is 2. The zero-order valence-electron chi connectivity index (χ0n) is 3.20. The van der Waals surface area contributed by atoms with E-state index in [9.17, 15) is 0 Å². The van der Waals surface area contributed by atoms with Crippen molar-refractivity contribution in [2.75, 3.05) is 0 Å². The third kappa shape index (κ3) is 0.407. The molecular formula is C4H4N2. The summed E-state index contributed by atoms with van der Waals surface area (Å²) in [4.78, 5) is 3.66. The molecule has 30 valence electrons. The predicted octanol–water partition coefficient (Wildman–Crippen LogP) is 0.400. The number of imidazole rings is 1. The van der Waals surface area contributed by atoms with E-state index < -0.39 is 0 Å². The van der Waals surface area contributed by atoms with Crippen LogP contribution in [-0.4, -0.2) is 9.55 Å². The molecule has 1 heterocycles. The van der Waals surface area contributed by atoms with Crippen LogP contribution in [0.4, 0.5) is 0 Å². The second-order valence-electron chi connectivity index (χ2n) is 1.01. The highest BCUT2D eigenvalue weighted by molar-refractivity contribution is 4.74. The van der Waals surface area contributed by atoms with E-state index in [2.05, 4.69) is 4.98 Å². The minimum atomic E-state index is 1.39. The summed E-state index contributed by atoms with van der Waals surface area (Å²) in [5, 5.41) is 0. The summed E-state index contributed by atoms with van der Waals surface area (Å²) in [5.41, 5.74) is 0. The number of hydrogen-bond donors (Lipinski definition) is 0. The lowest BCUT2D eigenvalue weighted by Gasteiger charge is -1.75. The van der Waals surface area contributed by atoms with Gasteiger partial charge in [0.25, 0.3) is 0 Å². The van der Waals surface area contributed by atoms with Gasteiger partial charge in [-0.05, 0) is 0 Å². The smallest absolute Gasteiger partial charge is 0.0950 e. The van der Waals surface area contributed by atoms with Crippen molar-refractivity contribution in [1.29, 1.82) is 0 Å². The van der Waals surface area contributed by atoms with E-state index in [1.54, 1.807) is 12.4 Å². The fourth-order valence-corrected chi connectivity index (χ4v) is 0.269. The van der Waals surface area contributed by atoms with E-state index in [4.69, 9.17) is 7.05 Å². The molecule has 2 radical (unpaired) electrons. The molecule has 0 aliphatic heterocycles. The lowest BCUT2D eigenvalue weighted by atomic mass is 10.9. The Morgan fingerprint density at radius 2 is 2.50 bits per heavy atom. The number of aromatic nitrogens is 2. The Balaban J connectivity index is 3.05. The van der Waals surface area contributed by atoms with Crippen molar-refractivity contribution in [1.82, 2.24) is 9.55 Å². The normalized spacial score (nSPS) is 8.83. The van der Waals surface area contributed by atoms with Gasteiger partial charge in [-0.25, -0.2) is 4.98 Å². The van der Waals surface area contributed by atoms with Crippen molar-refractivity contribution in [3.63, 3.8) is 0 Å². The van der Waals surface area contributed by atoms with Gasteiger partial charge in [-0.15, -0.1) is 0 Å². The summed E-state index contributed by atoms with van der Waals surface area (Å²) in [7, 11) is 5.13. The van der Waals surface area contributed by atoms with Gasteiger partial charge < -0.3 is 4.57 Å². The van der Waals surface area contributed by atoms with Gasteiger partial charge in [0.05, 0.1) is 13.4 Å². The molecule has 0 aliphatic carbocycles. The Kier molecular flexibility index (Phi) is 0.638. The molecule has 0 N–H and O–H groups in total. The van der Waals surface area contributed by atoms with Crippen LogP contribution in [0.15, 0.2) is 18.7 Å². The first-order valence-corrected chi connectivity index (χ1v) is 1.62. The Labute approximate surface area is 36.4 Å². The molecule has 0 atom stereocenters. The molecule has 0 unspecified atom stereocenters. The molecule has 1 aromatic heterocycles. The van der Waals surface area contributed by atoms with Gasteiger partial charge in [-0.3, -0.25) is 0 Å². The summed E-state index contributed by atoms with van der Waals surface area (Å²) >= 11 is 0. The van der Waals surface area contributed by atoms with Crippen molar-refractivity contribution in [2.45, 2.75) is 0 Å². The van der Waals surface area contributed by atoms with E-state index in [0.29, 0.717) is 0 Å². The van der Waals surface area contributed by atoms with Gasteiger partial charge in [0.1, 0.15) is 0 Å². The zero-order valence-corrected chi connectivity index (χ0v) is 3.20. The summed E-state index contributed by atoms with van der Waals surface area (Å²) in [6.45, 7) is 0. The molecule has 0 aliphatic rings. The van der Waals surface area contributed by atoms with Gasteiger partial charge >= 0.3 is 0 Å². The van der Waals surface area contributed by atoms with Crippen LogP contribution in [0.3, 0.4) is 0 Å². The average molecular weight is 80.1 g/mol. The molecule has 1 aromatic rings. The van der Waals surface area contributed by atoms with Crippen LogP contribution < -0.4 is 0 Å². The van der Waals surface area contributed by atoms with Crippen molar-refractivity contribution in [3.8, 4) is 0 Å². The van der Waals surface area contributed by atoms with Crippen LogP contribution in [0.5, 0.6) is 0 Å². The predicted molar refractivity (Wildman–Crippen MR) is 21.9 cm³/mol. The van der Waals surface area contributed by atoms with Crippen molar-refractivity contribution in [2.24, 2.45) is 0 Å². The monoisotopic (exact) mass is 80.0 g/mol. The van der Waals surface area contributed by atoms with Crippen LogP contribution in [0.2, 0.25) is 0 Å². The quantitative estimate of drug-likeness (QED) is 0.441. The number of rotatable bonds is 0. The third-order valence-electron chi connectivity index (χ3n) is 0.525. The van der Waals surface area contributed by atoms with Crippen LogP contribution >= 0.6 is 0 Å². The largest absolute Gasteiger partial charge is 0.330 e. The number of hydrogen-bond acceptors (Lipinski definition) is 1. The Hall–Kier alpha value is -0.790. The first-order chi connectivity index (χ1) is 2.89. The van der Waals surface area contributed by atoms with E-state index in [1.165, 1.54) is 10.9 Å². The SMILES string of the molecule is [CH]n1ccnc1. The molecule has 2 heteroatoms. The molecule has 0 spiro atoms. The molecule has 0 aromatic carbocycles. The first kappa shape index (κ1) is 3.40. The van der Waals surface area contributed by atoms with E-state index in [0.717, 1.165) is 0 Å². The second-order valence-corrected chi connectivity index (χ2v) is 1.01. The van der Waals surface area contributed by atoms with Crippen molar-refractivity contribution >= 4 is 0 Å². The second kappa shape index (κ2) is 1.12. The van der Waals surface area contributed by atoms with E-state index in [1.807, 2.05) is 0 Å². The van der Waals surface area contributed by atoms with Crippen molar-refractivity contribution < 1.29 is 0 Å². The summed E-state index contributed by atoms with van der Waals surface area (Å²) in [6.07, 6.45) is 4.82. The van der Waals surface area contributed by atoms with Gasteiger partial charge in [0.15, 0.2) is 0 Å². The summed E-state index contributed by atoms with van der Waals surface area (Å²) in [5.74, 6) is 0. The fraction of sp³-hybridized carbons (Fsp3) is 0. The van der Waals surface area contributed by atoms with Gasteiger partial charge in [0.2, 0.25) is 0 Å². The Morgan fingerprint density at radius 1 is 1.67 bits per heavy atom. The Morgan fingerprint density at radius 3 is 2.67 bits per heavy atom. The zero-order chi connectivity index (χ0) is 4.41. The fourth-order valence-electron chi connectivity index (χ4n) is 0.269. The van der Waals surface area contributed by atoms with E-state index in [-0.39, 0.29) is 0 Å². The molecule has 0 fully saturated rings. The lowest BCUT2D eigenvalue weighted by molar-refractivity contribution is 1.06. The minimum Gasteiger partial charge on any atom is -0.330 e. The first-order valence-electron chi connectivity index (χ1n) is 1.62. The van der Waals surface area contributed by atoms with Gasteiger partial charge in [-0.1, -0.05) is 0 Å². The standard InChI is InChI=1S/C4H4N2/c1-6-3-2-5-4-6/h1-4H. The van der Waals surface area contributed by atoms with Crippen LogP contribution in [0.1, 0.15) is 0 Å². The highest BCUT2D eigenvalue weighted by Gasteiger charge is 1.70. The summed E-state index contributed by atoms with van der Waals surface area (Å²) < 4.78 is 1.39. The van der Waals surface area contributed by atoms with E-state index >= 15 is 0 Å². The molecule has 0 bridgehead atoms.